The summed E-state index contributed by atoms with van der Waals surface area (Å²) in [6.45, 7) is 4.35. The Hall–Kier alpha value is -1.42. The number of rotatable bonds is 5. The number of benzene rings is 1. The monoisotopic (exact) mass is 225 g/mol. The van der Waals surface area contributed by atoms with Crippen LogP contribution >= 0.6 is 0 Å². The van der Waals surface area contributed by atoms with Gasteiger partial charge in [-0.05, 0) is 12.1 Å². The van der Waals surface area contributed by atoms with Crippen molar-refractivity contribution >= 4 is 5.69 Å². The molecule has 0 amide bonds. The maximum absolute atomic E-state index is 9.11. The molecule has 1 aromatic rings. The predicted molar refractivity (Wildman–Crippen MR) is 63.8 cm³/mol. The van der Waals surface area contributed by atoms with E-state index in [0.29, 0.717) is 23.8 Å². The van der Waals surface area contributed by atoms with Crippen LogP contribution < -0.4 is 15.2 Å². The Balaban J connectivity index is 2.74. The lowest BCUT2D eigenvalue weighted by Gasteiger charge is -2.22. The molecule has 0 aliphatic heterocycles. The summed E-state index contributed by atoms with van der Waals surface area (Å²) in [5.41, 5.74) is 5.99. The minimum atomic E-state index is -0.271. The van der Waals surface area contributed by atoms with Gasteiger partial charge in [-0.3, -0.25) is 0 Å². The largest absolute Gasteiger partial charge is 0.493 e. The highest BCUT2D eigenvalue weighted by Gasteiger charge is 2.18. The number of hydrogen-bond acceptors (Lipinski definition) is 4. The first-order valence-corrected chi connectivity index (χ1v) is 5.16. The quantitative estimate of drug-likeness (QED) is 0.748. The van der Waals surface area contributed by atoms with Crippen LogP contribution in [-0.2, 0) is 0 Å². The molecule has 16 heavy (non-hydrogen) atoms. The summed E-state index contributed by atoms with van der Waals surface area (Å²) in [4.78, 5) is 0. The third kappa shape index (κ3) is 3.31. The van der Waals surface area contributed by atoms with E-state index < -0.39 is 0 Å². The van der Waals surface area contributed by atoms with Gasteiger partial charge in [-0.1, -0.05) is 13.8 Å². The maximum atomic E-state index is 9.11. The summed E-state index contributed by atoms with van der Waals surface area (Å²) in [6.07, 6.45) is 0. The van der Waals surface area contributed by atoms with Crippen molar-refractivity contribution in [3.05, 3.63) is 18.2 Å². The molecule has 0 fully saturated rings. The summed E-state index contributed by atoms with van der Waals surface area (Å²) >= 11 is 0. The van der Waals surface area contributed by atoms with Gasteiger partial charge in [-0.2, -0.15) is 0 Å². The molecule has 0 aromatic heterocycles. The van der Waals surface area contributed by atoms with Crippen LogP contribution in [0.5, 0.6) is 11.5 Å². The zero-order chi connectivity index (χ0) is 12.2. The van der Waals surface area contributed by atoms with Crippen molar-refractivity contribution < 1.29 is 14.6 Å². The number of hydrogen-bond donors (Lipinski definition) is 2. The van der Waals surface area contributed by atoms with Crippen LogP contribution in [0.25, 0.3) is 0 Å². The van der Waals surface area contributed by atoms with E-state index in [1.54, 1.807) is 25.3 Å². The van der Waals surface area contributed by atoms with Crippen molar-refractivity contribution in [1.29, 1.82) is 0 Å². The highest BCUT2D eigenvalue weighted by Crippen LogP contribution is 2.30. The fraction of sp³-hybridized carbons (Fsp3) is 0.500. The molecule has 1 aromatic carbocycles. The predicted octanol–water partition coefficient (Wildman–Crippen LogP) is 1.67. The van der Waals surface area contributed by atoms with Crippen LogP contribution in [0.2, 0.25) is 0 Å². The molecule has 0 aliphatic carbocycles. The Bertz CT molecular complexity index is 350. The lowest BCUT2D eigenvalue weighted by molar-refractivity contribution is 0.0959. The van der Waals surface area contributed by atoms with Crippen molar-refractivity contribution in [2.75, 3.05) is 26.1 Å². The number of ether oxygens (including phenoxy) is 2. The first-order chi connectivity index (χ1) is 7.48. The fourth-order valence-electron chi connectivity index (χ4n) is 1.12. The van der Waals surface area contributed by atoms with E-state index in [1.165, 1.54) is 0 Å². The van der Waals surface area contributed by atoms with Crippen LogP contribution in [0.3, 0.4) is 0 Å². The molecule has 0 heterocycles. The third-order valence-corrected chi connectivity index (χ3v) is 2.23. The van der Waals surface area contributed by atoms with E-state index in [9.17, 15) is 0 Å². The number of aliphatic hydroxyl groups is 1. The second-order valence-corrected chi connectivity index (χ2v) is 4.52. The van der Waals surface area contributed by atoms with Crippen LogP contribution in [-0.4, -0.2) is 25.4 Å². The smallest absolute Gasteiger partial charge is 0.162 e. The van der Waals surface area contributed by atoms with Gasteiger partial charge in [0.05, 0.1) is 20.3 Å². The lowest BCUT2D eigenvalue weighted by Crippen LogP contribution is -2.25. The number of nitrogen functional groups attached to an aromatic ring is 1. The molecule has 0 spiro atoms. The maximum Gasteiger partial charge on any atom is 0.162 e. The highest BCUT2D eigenvalue weighted by molar-refractivity contribution is 5.51. The lowest BCUT2D eigenvalue weighted by atomic mass is 9.96. The van der Waals surface area contributed by atoms with Gasteiger partial charge >= 0.3 is 0 Å². The van der Waals surface area contributed by atoms with Crippen LogP contribution in [0.15, 0.2) is 18.2 Å². The molecule has 0 saturated carbocycles. The summed E-state index contributed by atoms with van der Waals surface area (Å²) in [6, 6.07) is 5.23. The van der Waals surface area contributed by atoms with E-state index in [4.69, 9.17) is 20.3 Å². The Labute approximate surface area is 96.0 Å². The average Bonchev–Trinajstić information content (AvgIpc) is 2.27. The Kier molecular flexibility index (Phi) is 4.01. The first-order valence-electron chi connectivity index (χ1n) is 5.16. The molecular formula is C12H19NO3. The van der Waals surface area contributed by atoms with Gasteiger partial charge in [0.15, 0.2) is 11.5 Å². The molecule has 0 bridgehead atoms. The standard InChI is InChI=1S/C12H19NO3/c1-12(2,7-14)8-16-10-5-4-9(13)6-11(10)15-3/h4-6,14H,7-8,13H2,1-3H3. The van der Waals surface area contributed by atoms with Gasteiger partial charge in [0.25, 0.3) is 0 Å². The number of aliphatic hydroxyl groups excluding tert-OH is 1. The molecule has 4 nitrogen and oxygen atoms in total. The van der Waals surface area contributed by atoms with Gasteiger partial charge in [0.2, 0.25) is 0 Å². The highest BCUT2D eigenvalue weighted by atomic mass is 16.5. The van der Waals surface area contributed by atoms with Crippen molar-refractivity contribution in [2.24, 2.45) is 5.41 Å². The van der Waals surface area contributed by atoms with Crippen LogP contribution in [0.1, 0.15) is 13.8 Å². The number of nitrogens with two attached hydrogens (primary N) is 1. The molecule has 4 heteroatoms. The minimum absolute atomic E-state index is 0.0737. The molecule has 1 rings (SSSR count). The molecule has 90 valence electrons. The molecule has 3 N–H and O–H groups in total. The zero-order valence-corrected chi connectivity index (χ0v) is 9.99. The second-order valence-electron chi connectivity index (χ2n) is 4.52. The van der Waals surface area contributed by atoms with E-state index in [0.717, 1.165) is 0 Å². The van der Waals surface area contributed by atoms with Gasteiger partial charge in [-0.25, -0.2) is 0 Å². The van der Waals surface area contributed by atoms with E-state index in [-0.39, 0.29) is 12.0 Å². The van der Waals surface area contributed by atoms with Crippen molar-refractivity contribution in [3.8, 4) is 11.5 Å². The van der Waals surface area contributed by atoms with Gasteiger partial charge in [-0.15, -0.1) is 0 Å². The Morgan fingerprint density at radius 2 is 2.00 bits per heavy atom. The first kappa shape index (κ1) is 12.6. The van der Waals surface area contributed by atoms with E-state index in [2.05, 4.69) is 0 Å². The van der Waals surface area contributed by atoms with Crippen LogP contribution in [0, 0.1) is 5.41 Å². The molecule has 0 aliphatic rings. The number of anilines is 1. The Morgan fingerprint density at radius 1 is 1.31 bits per heavy atom. The van der Waals surface area contributed by atoms with E-state index >= 15 is 0 Å². The second kappa shape index (κ2) is 5.07. The van der Waals surface area contributed by atoms with Gasteiger partial charge < -0.3 is 20.3 Å². The van der Waals surface area contributed by atoms with Crippen LogP contribution in [0.4, 0.5) is 5.69 Å². The third-order valence-electron chi connectivity index (χ3n) is 2.23. The topological polar surface area (TPSA) is 64.7 Å². The fourth-order valence-corrected chi connectivity index (χ4v) is 1.12. The van der Waals surface area contributed by atoms with Crippen molar-refractivity contribution in [2.45, 2.75) is 13.8 Å². The summed E-state index contributed by atoms with van der Waals surface area (Å²) in [5.74, 6) is 1.24. The van der Waals surface area contributed by atoms with Crippen molar-refractivity contribution in [3.63, 3.8) is 0 Å². The molecular weight excluding hydrogens is 206 g/mol. The summed E-state index contributed by atoms with van der Waals surface area (Å²) in [7, 11) is 1.57. The van der Waals surface area contributed by atoms with Gasteiger partial charge in [0.1, 0.15) is 0 Å². The average molecular weight is 225 g/mol. The van der Waals surface area contributed by atoms with E-state index in [1.807, 2.05) is 13.8 Å². The minimum Gasteiger partial charge on any atom is -0.493 e. The SMILES string of the molecule is COc1cc(N)ccc1OCC(C)(C)CO. The Morgan fingerprint density at radius 3 is 2.56 bits per heavy atom. The zero-order valence-electron chi connectivity index (χ0n) is 9.99. The number of methoxy groups -OCH3 is 1. The summed E-state index contributed by atoms with van der Waals surface area (Å²) in [5, 5.41) is 9.11. The molecule has 0 saturated heterocycles. The van der Waals surface area contributed by atoms with Crippen molar-refractivity contribution in [1.82, 2.24) is 0 Å². The molecule has 0 unspecified atom stereocenters. The molecule has 0 atom stereocenters. The molecule has 0 radical (unpaired) electrons. The summed E-state index contributed by atoms with van der Waals surface area (Å²) < 4.78 is 10.8. The van der Waals surface area contributed by atoms with Gasteiger partial charge in [0, 0.05) is 17.2 Å². The normalized spacial score (nSPS) is 11.2.